The number of benzene rings is 1. The molecule has 0 amide bonds. The molecule has 3 nitrogen and oxygen atoms in total. The molecule has 1 rings (SSSR count). The van der Waals surface area contributed by atoms with Crippen LogP contribution in [0.1, 0.15) is 16.7 Å². The van der Waals surface area contributed by atoms with Gasteiger partial charge in [-0.3, -0.25) is 0 Å². The van der Waals surface area contributed by atoms with Gasteiger partial charge < -0.3 is 0 Å². The van der Waals surface area contributed by atoms with Crippen LogP contribution in [-0.2, 0) is 14.4 Å². The summed E-state index contributed by atoms with van der Waals surface area (Å²) in [5.41, 5.74) is 1.54. The highest BCUT2D eigenvalue weighted by Gasteiger charge is 2.17. The zero-order chi connectivity index (χ0) is 11.6. The lowest BCUT2D eigenvalue weighted by Gasteiger charge is -2.06. The Labute approximate surface area is 101 Å². The Kier molecular flexibility index (Phi) is 3.77. The molecule has 0 atom stereocenters. The summed E-state index contributed by atoms with van der Waals surface area (Å²) in [6, 6.07) is 4.93. The molecule has 1 aromatic rings. The van der Waals surface area contributed by atoms with E-state index in [1.165, 1.54) is 12.1 Å². The van der Waals surface area contributed by atoms with E-state index >= 15 is 0 Å². The fraction of sp³-hybridized carbons (Fsp3) is 0.222. The molecule has 0 saturated carbocycles. The quantitative estimate of drug-likeness (QED) is 0.623. The van der Waals surface area contributed by atoms with E-state index in [1.807, 2.05) is 6.07 Å². The van der Waals surface area contributed by atoms with E-state index in [4.69, 9.17) is 15.9 Å². The third-order valence-electron chi connectivity index (χ3n) is 1.93. The van der Waals surface area contributed by atoms with Crippen molar-refractivity contribution in [2.24, 2.45) is 0 Å². The van der Waals surface area contributed by atoms with Crippen LogP contribution in [0.4, 0.5) is 0 Å². The highest BCUT2D eigenvalue weighted by atomic mass is 79.9. The zero-order valence-corrected chi connectivity index (χ0v) is 10.9. The van der Waals surface area contributed by atoms with Gasteiger partial charge in [-0.1, -0.05) is 15.9 Å². The summed E-state index contributed by atoms with van der Waals surface area (Å²) in [7, 11) is 1.52. The third kappa shape index (κ3) is 2.71. The minimum absolute atomic E-state index is 0.0533. The van der Waals surface area contributed by atoms with E-state index in [1.54, 1.807) is 6.92 Å². The molecule has 0 radical (unpaired) electrons. The first kappa shape index (κ1) is 12.5. The van der Waals surface area contributed by atoms with Crippen molar-refractivity contribution in [1.82, 2.24) is 0 Å². The minimum Gasteiger partial charge on any atom is -0.207 e. The predicted molar refractivity (Wildman–Crippen MR) is 61.6 cm³/mol. The van der Waals surface area contributed by atoms with E-state index in [-0.39, 0.29) is 4.90 Å². The Bertz CT molecular complexity index is 534. The van der Waals surface area contributed by atoms with Crippen LogP contribution >= 0.6 is 26.6 Å². The smallest absolute Gasteiger partial charge is 0.207 e. The van der Waals surface area contributed by atoms with Crippen molar-refractivity contribution in [3.63, 3.8) is 0 Å². The molecule has 0 fully saturated rings. The highest BCUT2D eigenvalue weighted by molar-refractivity contribution is 9.08. The lowest BCUT2D eigenvalue weighted by molar-refractivity contribution is 0.609. The van der Waals surface area contributed by atoms with Crippen LogP contribution in [0.3, 0.4) is 0 Å². The summed E-state index contributed by atoms with van der Waals surface area (Å²) in [5, 5.41) is 9.12. The molecule has 0 aliphatic rings. The monoisotopic (exact) mass is 307 g/mol. The Balaban J connectivity index is 3.57. The normalized spacial score (nSPS) is 11.1. The summed E-state index contributed by atoms with van der Waals surface area (Å²) in [5.74, 6) is 0. The third-order valence-corrected chi connectivity index (χ3v) is 3.94. The molecule has 0 bridgehead atoms. The highest BCUT2D eigenvalue weighted by Crippen LogP contribution is 2.25. The largest absolute Gasteiger partial charge is 0.261 e. The van der Waals surface area contributed by atoms with Gasteiger partial charge in [0.05, 0.1) is 16.5 Å². The number of hydrogen-bond donors (Lipinski definition) is 0. The number of alkyl halides is 1. The Morgan fingerprint density at radius 3 is 2.53 bits per heavy atom. The molecule has 0 aliphatic carbocycles. The van der Waals surface area contributed by atoms with Gasteiger partial charge in [0, 0.05) is 16.0 Å². The summed E-state index contributed by atoms with van der Waals surface area (Å²) >= 11 is 3.16. The van der Waals surface area contributed by atoms with E-state index in [2.05, 4.69) is 15.9 Å². The minimum atomic E-state index is -3.76. The predicted octanol–water partition coefficient (Wildman–Crippen LogP) is 2.69. The zero-order valence-electron chi connectivity index (χ0n) is 7.79. The molecule has 0 heterocycles. The number of aryl methyl sites for hydroxylation is 1. The van der Waals surface area contributed by atoms with Crippen LogP contribution in [0.5, 0.6) is 0 Å². The maximum atomic E-state index is 11.2. The second-order valence-electron chi connectivity index (χ2n) is 2.96. The fourth-order valence-corrected chi connectivity index (χ4v) is 3.02. The number of hydrogen-bond acceptors (Lipinski definition) is 3. The van der Waals surface area contributed by atoms with Crippen molar-refractivity contribution in [2.75, 3.05) is 0 Å². The van der Waals surface area contributed by atoms with Gasteiger partial charge in [0.25, 0.3) is 9.05 Å². The van der Waals surface area contributed by atoms with Gasteiger partial charge in [-0.25, -0.2) is 8.42 Å². The van der Waals surface area contributed by atoms with Gasteiger partial charge in [0.1, 0.15) is 0 Å². The lowest BCUT2D eigenvalue weighted by atomic mass is 10.1. The molecule has 80 valence electrons. The van der Waals surface area contributed by atoms with Crippen LogP contribution in [0.15, 0.2) is 17.0 Å². The number of halogens is 2. The molecule has 0 aromatic heterocycles. The molecular weight excluding hydrogens is 302 g/mol. The van der Waals surface area contributed by atoms with Crippen molar-refractivity contribution in [2.45, 2.75) is 17.1 Å². The first-order valence-corrected chi connectivity index (χ1v) is 7.37. The fourth-order valence-electron chi connectivity index (χ4n) is 1.18. The van der Waals surface area contributed by atoms with E-state index in [0.717, 1.165) is 0 Å². The summed E-state index contributed by atoms with van der Waals surface area (Å²) in [4.78, 5) is 0.0533. The van der Waals surface area contributed by atoms with Gasteiger partial charge in [-0.05, 0) is 30.2 Å². The van der Waals surface area contributed by atoms with Crippen LogP contribution in [0.2, 0.25) is 0 Å². The van der Waals surface area contributed by atoms with Crippen molar-refractivity contribution in [3.05, 3.63) is 28.8 Å². The number of nitriles is 1. The molecule has 0 unspecified atom stereocenters. The van der Waals surface area contributed by atoms with Crippen molar-refractivity contribution in [3.8, 4) is 6.07 Å². The molecular formula is C9H7BrClNO2S. The number of rotatable bonds is 2. The van der Waals surface area contributed by atoms with Crippen molar-refractivity contribution >= 4 is 35.7 Å². The first-order chi connectivity index (χ1) is 6.90. The SMILES string of the molecule is Cc1cc(S(=O)(=O)Cl)c(CBr)cc1C#N. The average Bonchev–Trinajstić information content (AvgIpc) is 2.16. The van der Waals surface area contributed by atoms with Crippen LogP contribution in [0, 0.1) is 18.3 Å². The Morgan fingerprint density at radius 1 is 1.53 bits per heavy atom. The molecule has 0 aliphatic heterocycles. The van der Waals surface area contributed by atoms with Crippen LogP contribution in [0.25, 0.3) is 0 Å². The first-order valence-electron chi connectivity index (χ1n) is 3.94. The van der Waals surface area contributed by atoms with Gasteiger partial charge in [-0.15, -0.1) is 0 Å². The second-order valence-corrected chi connectivity index (χ2v) is 6.05. The average molecular weight is 309 g/mol. The maximum Gasteiger partial charge on any atom is 0.261 e. The summed E-state index contributed by atoms with van der Waals surface area (Å²) in [6.45, 7) is 1.67. The maximum absolute atomic E-state index is 11.2. The number of nitrogens with zero attached hydrogens (tertiary/aromatic N) is 1. The molecule has 6 heteroatoms. The van der Waals surface area contributed by atoms with Crippen molar-refractivity contribution in [1.29, 1.82) is 5.26 Å². The summed E-state index contributed by atoms with van der Waals surface area (Å²) < 4.78 is 22.5. The lowest BCUT2D eigenvalue weighted by Crippen LogP contribution is -1.99. The standard InChI is InChI=1S/C9H7BrClNO2S/c1-6-2-9(15(11,13)14)7(4-10)3-8(6)5-12/h2-3H,4H2,1H3. The second kappa shape index (κ2) is 4.52. The van der Waals surface area contributed by atoms with E-state index in [9.17, 15) is 8.42 Å². The Morgan fingerprint density at radius 2 is 2.13 bits per heavy atom. The van der Waals surface area contributed by atoms with Gasteiger partial charge in [0.15, 0.2) is 0 Å². The Hall–Kier alpha value is -0.570. The van der Waals surface area contributed by atoms with Crippen molar-refractivity contribution < 1.29 is 8.42 Å². The van der Waals surface area contributed by atoms with Crippen LogP contribution < -0.4 is 0 Å². The topological polar surface area (TPSA) is 57.9 Å². The molecule has 0 spiro atoms. The summed E-state index contributed by atoms with van der Waals surface area (Å²) in [6.07, 6.45) is 0. The van der Waals surface area contributed by atoms with Gasteiger partial charge in [-0.2, -0.15) is 5.26 Å². The molecule has 1 aromatic carbocycles. The van der Waals surface area contributed by atoms with Gasteiger partial charge in [0.2, 0.25) is 0 Å². The van der Waals surface area contributed by atoms with E-state index < -0.39 is 9.05 Å². The molecule has 15 heavy (non-hydrogen) atoms. The molecule has 0 saturated heterocycles. The van der Waals surface area contributed by atoms with E-state index in [0.29, 0.717) is 22.0 Å². The van der Waals surface area contributed by atoms with Crippen LogP contribution in [-0.4, -0.2) is 8.42 Å². The van der Waals surface area contributed by atoms with Gasteiger partial charge >= 0.3 is 0 Å². The molecule has 0 N–H and O–H groups in total.